The Kier molecular flexibility index (Phi) is 7.27. The van der Waals surface area contributed by atoms with E-state index in [-0.39, 0.29) is 42.8 Å². The largest absolute Gasteiger partial charge is 0.472 e. The lowest BCUT2D eigenvalue weighted by molar-refractivity contribution is 0.0313. The molecule has 3 rings (SSSR count). The van der Waals surface area contributed by atoms with Crippen LogP contribution in [0.4, 0.5) is 4.39 Å². The fraction of sp³-hybridized carbons (Fsp3) is 0.409. The Bertz CT molecular complexity index is 956. The van der Waals surface area contributed by atoms with Gasteiger partial charge < -0.3 is 19.6 Å². The first-order valence-electron chi connectivity index (χ1n) is 9.96. The fourth-order valence-corrected chi connectivity index (χ4v) is 3.79. The summed E-state index contributed by atoms with van der Waals surface area (Å²) in [4.78, 5) is 33.3. The van der Waals surface area contributed by atoms with Crippen molar-refractivity contribution in [1.82, 2.24) is 14.8 Å². The monoisotopic (exact) mass is 493 g/mol. The molecule has 2 amide bonds. The number of rotatable bonds is 5. The number of hydrogen-bond donors (Lipinski definition) is 1. The van der Waals surface area contributed by atoms with Crippen LogP contribution in [0.2, 0.25) is 0 Å². The van der Waals surface area contributed by atoms with Gasteiger partial charge in [-0.15, -0.1) is 0 Å². The third-order valence-electron chi connectivity index (χ3n) is 5.38. The molecule has 0 spiro atoms. The zero-order valence-corrected chi connectivity index (χ0v) is 19.2. The second-order valence-corrected chi connectivity index (χ2v) is 8.74. The fourth-order valence-electron chi connectivity index (χ4n) is 3.46. The van der Waals surface area contributed by atoms with E-state index in [0.717, 1.165) is 0 Å². The number of aliphatic hydroxyl groups is 1. The highest BCUT2D eigenvalue weighted by atomic mass is 79.9. The number of likely N-dealkylation sites (N-methyl/N-ethyl adjacent to an activating group) is 1. The number of aliphatic hydroxyl groups excluding tert-OH is 1. The molecule has 1 aliphatic rings. The Morgan fingerprint density at radius 1 is 1.42 bits per heavy atom. The normalized spacial score (nSPS) is 19.7. The predicted molar refractivity (Wildman–Crippen MR) is 116 cm³/mol. The van der Waals surface area contributed by atoms with Crippen molar-refractivity contribution in [3.05, 3.63) is 57.9 Å². The van der Waals surface area contributed by atoms with E-state index >= 15 is 0 Å². The van der Waals surface area contributed by atoms with Crippen LogP contribution in [0, 0.1) is 11.7 Å². The van der Waals surface area contributed by atoms with Crippen LogP contribution in [0.5, 0.6) is 5.88 Å². The van der Waals surface area contributed by atoms with Gasteiger partial charge in [0, 0.05) is 35.7 Å². The Balaban J connectivity index is 1.89. The molecule has 9 heteroatoms. The lowest BCUT2D eigenvalue weighted by Gasteiger charge is -2.37. The number of carbonyl (C=O) groups excluding carboxylic acids is 2. The van der Waals surface area contributed by atoms with Crippen LogP contribution in [0.25, 0.3) is 0 Å². The molecule has 0 saturated heterocycles. The molecule has 7 nitrogen and oxygen atoms in total. The molecule has 1 N–H and O–H groups in total. The summed E-state index contributed by atoms with van der Waals surface area (Å²) in [6.07, 6.45) is 1.09. The van der Waals surface area contributed by atoms with Crippen molar-refractivity contribution in [3.8, 4) is 5.88 Å². The summed E-state index contributed by atoms with van der Waals surface area (Å²) in [6.45, 7) is 4.11. The molecule has 1 aromatic carbocycles. The highest BCUT2D eigenvalue weighted by Crippen LogP contribution is 2.28. The van der Waals surface area contributed by atoms with Crippen molar-refractivity contribution in [2.75, 3.05) is 26.7 Å². The van der Waals surface area contributed by atoms with Crippen molar-refractivity contribution in [3.63, 3.8) is 0 Å². The molecule has 0 saturated carbocycles. The molecule has 0 bridgehead atoms. The zero-order chi connectivity index (χ0) is 22.7. The quantitative estimate of drug-likeness (QED) is 0.692. The predicted octanol–water partition coefficient (Wildman–Crippen LogP) is 2.98. The minimum Gasteiger partial charge on any atom is -0.472 e. The third kappa shape index (κ3) is 5.22. The van der Waals surface area contributed by atoms with Gasteiger partial charge in [-0.2, -0.15) is 0 Å². The van der Waals surface area contributed by atoms with Gasteiger partial charge in [-0.3, -0.25) is 9.59 Å². The van der Waals surface area contributed by atoms with Crippen molar-refractivity contribution < 1.29 is 23.8 Å². The van der Waals surface area contributed by atoms with Crippen molar-refractivity contribution >= 4 is 27.7 Å². The number of hydrogen-bond acceptors (Lipinski definition) is 5. The number of amides is 2. The number of aromatic nitrogens is 1. The van der Waals surface area contributed by atoms with Gasteiger partial charge >= 0.3 is 0 Å². The van der Waals surface area contributed by atoms with E-state index in [0.29, 0.717) is 22.1 Å². The minimum atomic E-state index is -0.455. The molecular formula is C22H25BrFN3O4. The average molecular weight is 494 g/mol. The Hall–Kier alpha value is -2.52. The van der Waals surface area contributed by atoms with Crippen molar-refractivity contribution in [2.45, 2.75) is 26.0 Å². The van der Waals surface area contributed by atoms with Gasteiger partial charge in [-0.25, -0.2) is 9.37 Å². The average Bonchev–Trinajstić information content (AvgIpc) is 2.76. The van der Waals surface area contributed by atoms with E-state index in [9.17, 15) is 19.1 Å². The maximum Gasteiger partial charge on any atom is 0.259 e. The first-order valence-corrected chi connectivity index (χ1v) is 10.8. The maximum atomic E-state index is 13.2. The van der Waals surface area contributed by atoms with Gasteiger partial charge in [-0.05, 0) is 53.2 Å². The van der Waals surface area contributed by atoms with Crippen LogP contribution in [-0.2, 0) is 0 Å². The number of nitrogens with zero attached hydrogens (tertiary/aromatic N) is 3. The second-order valence-electron chi connectivity index (χ2n) is 7.82. The van der Waals surface area contributed by atoms with Gasteiger partial charge in [0.05, 0.1) is 19.2 Å². The lowest BCUT2D eigenvalue weighted by Crippen LogP contribution is -2.50. The highest BCUT2D eigenvalue weighted by Gasteiger charge is 2.34. The molecule has 3 atom stereocenters. The summed E-state index contributed by atoms with van der Waals surface area (Å²) < 4.78 is 19.9. The molecule has 1 aromatic heterocycles. The summed E-state index contributed by atoms with van der Waals surface area (Å²) in [5, 5.41) is 9.66. The summed E-state index contributed by atoms with van der Waals surface area (Å²) in [6, 6.07) is 6.62. The molecule has 1 aliphatic heterocycles. The summed E-state index contributed by atoms with van der Waals surface area (Å²) >= 11 is 3.34. The first-order chi connectivity index (χ1) is 14.7. The summed E-state index contributed by atoms with van der Waals surface area (Å²) in [7, 11) is 1.65. The number of benzene rings is 1. The van der Waals surface area contributed by atoms with E-state index in [1.807, 2.05) is 6.92 Å². The van der Waals surface area contributed by atoms with Crippen molar-refractivity contribution in [2.24, 2.45) is 5.92 Å². The van der Waals surface area contributed by atoms with Crippen molar-refractivity contribution in [1.29, 1.82) is 0 Å². The van der Waals surface area contributed by atoms with Gasteiger partial charge in [0.25, 0.3) is 11.8 Å². The lowest BCUT2D eigenvalue weighted by atomic mass is 10.00. The van der Waals surface area contributed by atoms with Crippen LogP contribution >= 0.6 is 15.9 Å². The Morgan fingerprint density at radius 2 is 2.10 bits per heavy atom. The van der Waals surface area contributed by atoms with Gasteiger partial charge in [-0.1, -0.05) is 6.92 Å². The van der Waals surface area contributed by atoms with Crippen LogP contribution < -0.4 is 4.74 Å². The Labute approximate surface area is 189 Å². The number of halogens is 2. The summed E-state index contributed by atoms with van der Waals surface area (Å²) in [5.41, 5.74) is 0.662. The highest BCUT2D eigenvalue weighted by molar-refractivity contribution is 9.10. The SMILES string of the molecule is C[C@H]1CN([C@@H](C)CO)C(=O)c2cc(Br)cnc2O[C@H]1CN(C)C(=O)c1ccc(F)cc1. The minimum absolute atomic E-state index is 0.153. The van der Waals surface area contributed by atoms with E-state index in [4.69, 9.17) is 4.74 Å². The third-order valence-corrected chi connectivity index (χ3v) is 5.81. The molecule has 0 fully saturated rings. The van der Waals surface area contributed by atoms with Gasteiger partial charge in [0.1, 0.15) is 17.5 Å². The standard InChI is InChI=1S/C22H25BrFN3O4/c1-13-10-27(14(2)12-28)22(30)18-8-16(23)9-25-20(18)31-19(13)11-26(3)21(29)15-4-6-17(24)7-5-15/h4-9,13-14,19,28H,10-12H2,1-3H3/t13-,14-,19-/m0/s1. The van der Waals surface area contributed by atoms with Gasteiger partial charge in [0.15, 0.2) is 0 Å². The molecule has 0 unspecified atom stereocenters. The van der Waals surface area contributed by atoms with E-state index in [1.165, 1.54) is 29.2 Å². The van der Waals surface area contributed by atoms with Gasteiger partial charge in [0.2, 0.25) is 5.88 Å². The molecule has 2 aromatic rings. The number of ether oxygens (including phenoxy) is 1. The van der Waals surface area contributed by atoms with Crippen LogP contribution in [0.1, 0.15) is 34.6 Å². The number of pyridine rings is 1. The topological polar surface area (TPSA) is 83.0 Å². The molecule has 31 heavy (non-hydrogen) atoms. The molecule has 0 radical (unpaired) electrons. The zero-order valence-electron chi connectivity index (χ0n) is 17.6. The Morgan fingerprint density at radius 3 is 2.74 bits per heavy atom. The first kappa shape index (κ1) is 23.1. The molecule has 166 valence electrons. The van der Waals surface area contributed by atoms with Crippen LogP contribution in [-0.4, -0.2) is 70.6 Å². The maximum absolute atomic E-state index is 13.2. The second kappa shape index (κ2) is 9.74. The summed E-state index contributed by atoms with van der Waals surface area (Å²) in [5.74, 6) is -0.916. The van der Waals surface area contributed by atoms with E-state index < -0.39 is 11.9 Å². The van der Waals surface area contributed by atoms with Crippen LogP contribution in [0.3, 0.4) is 0 Å². The molecular weight excluding hydrogens is 469 g/mol. The molecule has 0 aliphatic carbocycles. The van der Waals surface area contributed by atoms with E-state index in [1.54, 1.807) is 31.1 Å². The van der Waals surface area contributed by atoms with E-state index in [2.05, 4.69) is 20.9 Å². The molecule has 2 heterocycles. The number of fused-ring (bicyclic) bond motifs is 1. The number of carbonyl (C=O) groups is 2. The van der Waals surface area contributed by atoms with Crippen LogP contribution in [0.15, 0.2) is 41.0 Å². The smallest absolute Gasteiger partial charge is 0.259 e.